The number of hydrogen-bond acceptors (Lipinski definition) is 5. The third-order valence-electron chi connectivity index (χ3n) is 4.07. The molecule has 1 aromatic heterocycles. The molecule has 3 aromatic rings. The molecule has 1 heterocycles. The molecule has 0 saturated carbocycles. The van der Waals surface area contributed by atoms with Crippen molar-refractivity contribution in [3.63, 3.8) is 0 Å². The van der Waals surface area contributed by atoms with Gasteiger partial charge in [0.25, 0.3) is 0 Å². The van der Waals surface area contributed by atoms with E-state index in [1.165, 1.54) is 7.11 Å². The van der Waals surface area contributed by atoms with Crippen LogP contribution in [0.4, 0.5) is 40.8 Å². The molecule has 0 aliphatic heterocycles. The zero-order valence-corrected chi connectivity index (χ0v) is 16.8. The summed E-state index contributed by atoms with van der Waals surface area (Å²) in [6.07, 6.45) is -8.06. The van der Waals surface area contributed by atoms with E-state index in [2.05, 4.69) is 14.7 Å². The number of hydrogen-bond donors (Lipinski definition) is 0. The Kier molecular flexibility index (Phi) is 6.93. The van der Waals surface area contributed by atoms with E-state index >= 15 is 0 Å². The van der Waals surface area contributed by atoms with Gasteiger partial charge in [0.1, 0.15) is 23.1 Å². The van der Waals surface area contributed by atoms with Gasteiger partial charge in [-0.05, 0) is 36.4 Å². The molecular formula is C21H12F8N2O3. The Morgan fingerprint density at radius 3 is 1.82 bits per heavy atom. The number of halogens is 8. The minimum Gasteiger partial charge on any atom is -0.486 e. The maximum Gasteiger partial charge on any atom is 0.419 e. The fraction of sp³-hybridized carbons (Fsp3) is 0.143. The van der Waals surface area contributed by atoms with Crippen LogP contribution in [0.3, 0.4) is 0 Å². The largest absolute Gasteiger partial charge is 0.486 e. The second-order valence-electron chi connectivity index (χ2n) is 6.42. The quantitative estimate of drug-likeness (QED) is 0.206. The van der Waals surface area contributed by atoms with Gasteiger partial charge in [-0.1, -0.05) is 0 Å². The summed E-state index contributed by atoms with van der Waals surface area (Å²) < 4.78 is 120. The predicted molar refractivity (Wildman–Crippen MR) is 102 cm³/mol. The van der Waals surface area contributed by atoms with Crippen LogP contribution in [0.15, 0.2) is 53.7 Å². The number of methoxy groups -OCH3 is 1. The molecule has 13 heteroatoms. The normalized spacial score (nSPS) is 12.1. The van der Waals surface area contributed by atoms with Crippen LogP contribution in [0.25, 0.3) is 0 Å². The number of benzene rings is 2. The van der Waals surface area contributed by atoms with Crippen molar-refractivity contribution in [1.29, 1.82) is 0 Å². The fourth-order valence-corrected chi connectivity index (χ4v) is 2.61. The third kappa shape index (κ3) is 5.71. The first kappa shape index (κ1) is 24.7. The summed E-state index contributed by atoms with van der Waals surface area (Å²) in [4.78, 5) is 7.67. The molecule has 0 fully saturated rings. The molecule has 2 aromatic carbocycles. The van der Waals surface area contributed by atoms with Gasteiger partial charge in [0, 0.05) is 12.3 Å². The van der Waals surface area contributed by atoms with Crippen LogP contribution >= 0.6 is 0 Å². The van der Waals surface area contributed by atoms with Crippen molar-refractivity contribution in [2.75, 3.05) is 7.11 Å². The Labute approximate surface area is 186 Å². The van der Waals surface area contributed by atoms with Gasteiger partial charge in [0.2, 0.25) is 5.88 Å². The fourth-order valence-electron chi connectivity index (χ4n) is 2.61. The van der Waals surface area contributed by atoms with E-state index in [1.807, 2.05) is 0 Å². The Bertz CT molecular complexity index is 1130. The van der Waals surface area contributed by atoms with Crippen LogP contribution in [-0.4, -0.2) is 18.5 Å². The molecule has 3 rings (SSSR count). The lowest BCUT2D eigenvalue weighted by atomic mass is 10.2. The highest BCUT2D eigenvalue weighted by atomic mass is 19.4. The van der Waals surface area contributed by atoms with E-state index in [-0.39, 0.29) is 11.4 Å². The van der Waals surface area contributed by atoms with E-state index in [0.29, 0.717) is 24.3 Å². The van der Waals surface area contributed by atoms with Crippen molar-refractivity contribution in [1.82, 2.24) is 4.98 Å². The molecule has 5 nitrogen and oxygen atoms in total. The number of rotatable bonds is 6. The number of aliphatic imine (C=N–C) groups is 1. The molecule has 0 radical (unpaired) electrons. The van der Waals surface area contributed by atoms with E-state index in [4.69, 9.17) is 9.47 Å². The molecule has 0 aliphatic carbocycles. The molecule has 180 valence electrons. The van der Waals surface area contributed by atoms with Crippen LogP contribution in [0.5, 0.6) is 23.1 Å². The molecule has 0 atom stereocenters. The summed E-state index contributed by atoms with van der Waals surface area (Å²) >= 11 is 0. The summed E-state index contributed by atoms with van der Waals surface area (Å²) in [6.45, 7) is 0. The average molecular weight is 492 g/mol. The van der Waals surface area contributed by atoms with Gasteiger partial charge in [0.05, 0.1) is 18.2 Å². The van der Waals surface area contributed by atoms with Gasteiger partial charge in [0.15, 0.2) is 17.8 Å². The standard InChI is InChI=1S/C21H12F8N2O3/c1-32-10-31-18-17(33-11-2-4-15(22)13(8-11)20(24,25)26)6-7-30-19(18)34-12-3-5-16(23)14(9-12)21(27,28)29/h2-10H,1H3. The zero-order chi connectivity index (χ0) is 25.1. The van der Waals surface area contributed by atoms with E-state index in [9.17, 15) is 35.1 Å². The predicted octanol–water partition coefficient (Wildman–Crippen LogP) is 7.29. The second-order valence-corrected chi connectivity index (χ2v) is 6.42. The molecule has 0 aliphatic rings. The smallest absolute Gasteiger partial charge is 0.419 e. The van der Waals surface area contributed by atoms with Crippen molar-refractivity contribution in [3.8, 4) is 23.1 Å². The lowest BCUT2D eigenvalue weighted by Gasteiger charge is -2.14. The topological polar surface area (TPSA) is 52.9 Å². The van der Waals surface area contributed by atoms with E-state index in [0.717, 1.165) is 30.8 Å². The van der Waals surface area contributed by atoms with E-state index < -0.39 is 52.5 Å². The summed E-state index contributed by atoms with van der Waals surface area (Å²) in [7, 11) is 1.21. The Balaban J connectivity index is 2.02. The SMILES string of the molecule is COC=Nc1c(Oc2ccc(F)c(C(F)(F)F)c2)ccnc1Oc1ccc(F)c(C(F)(F)F)c1. The molecule has 0 spiro atoms. The number of ether oxygens (including phenoxy) is 3. The number of aromatic nitrogens is 1. The first-order valence-corrected chi connectivity index (χ1v) is 9.03. The molecule has 0 bridgehead atoms. The Morgan fingerprint density at radius 1 is 0.794 bits per heavy atom. The summed E-state index contributed by atoms with van der Waals surface area (Å²) in [5, 5.41) is 0. The summed E-state index contributed by atoms with van der Waals surface area (Å²) in [6, 6.07) is 4.88. The molecule has 0 saturated heterocycles. The minimum atomic E-state index is -5.00. The molecule has 0 amide bonds. The van der Waals surface area contributed by atoms with Crippen LogP contribution in [-0.2, 0) is 17.1 Å². The first-order chi connectivity index (χ1) is 15.9. The lowest BCUT2D eigenvalue weighted by Crippen LogP contribution is -2.08. The number of pyridine rings is 1. The first-order valence-electron chi connectivity index (χ1n) is 9.03. The summed E-state index contributed by atoms with van der Waals surface area (Å²) in [5.74, 6) is -4.64. The molecule has 34 heavy (non-hydrogen) atoms. The van der Waals surface area contributed by atoms with E-state index in [1.54, 1.807) is 0 Å². The second kappa shape index (κ2) is 9.53. The van der Waals surface area contributed by atoms with Crippen LogP contribution in [0.2, 0.25) is 0 Å². The van der Waals surface area contributed by atoms with Crippen LogP contribution < -0.4 is 9.47 Å². The highest BCUT2D eigenvalue weighted by molar-refractivity contribution is 5.67. The minimum absolute atomic E-state index is 0.254. The van der Waals surface area contributed by atoms with Gasteiger partial charge in [-0.15, -0.1) is 0 Å². The van der Waals surface area contributed by atoms with Gasteiger partial charge in [-0.2, -0.15) is 26.3 Å². The number of alkyl halides is 6. The van der Waals surface area contributed by atoms with Crippen molar-refractivity contribution in [2.45, 2.75) is 12.4 Å². The van der Waals surface area contributed by atoms with Gasteiger partial charge >= 0.3 is 12.4 Å². The molecule has 0 N–H and O–H groups in total. The third-order valence-corrected chi connectivity index (χ3v) is 4.07. The zero-order valence-electron chi connectivity index (χ0n) is 16.8. The van der Waals surface area contributed by atoms with Gasteiger partial charge in [-0.25, -0.2) is 18.8 Å². The van der Waals surface area contributed by atoms with Crippen molar-refractivity contribution in [2.24, 2.45) is 4.99 Å². The lowest BCUT2D eigenvalue weighted by molar-refractivity contribution is -0.140. The maximum atomic E-state index is 13.5. The van der Waals surface area contributed by atoms with Crippen molar-refractivity contribution < 1.29 is 49.3 Å². The molecule has 0 unspecified atom stereocenters. The Hall–Kier alpha value is -3.90. The van der Waals surface area contributed by atoms with Crippen molar-refractivity contribution >= 4 is 12.1 Å². The monoisotopic (exact) mass is 492 g/mol. The summed E-state index contributed by atoms with van der Waals surface area (Å²) in [5.41, 5.74) is -3.46. The maximum absolute atomic E-state index is 13.5. The highest BCUT2D eigenvalue weighted by Gasteiger charge is 2.35. The molecular weight excluding hydrogens is 480 g/mol. The van der Waals surface area contributed by atoms with Crippen LogP contribution in [0.1, 0.15) is 11.1 Å². The highest BCUT2D eigenvalue weighted by Crippen LogP contribution is 2.42. The Morgan fingerprint density at radius 2 is 1.32 bits per heavy atom. The average Bonchev–Trinajstić information content (AvgIpc) is 2.74. The van der Waals surface area contributed by atoms with Crippen molar-refractivity contribution in [3.05, 3.63) is 71.4 Å². The van der Waals surface area contributed by atoms with Gasteiger partial charge in [-0.3, -0.25) is 0 Å². The van der Waals surface area contributed by atoms with Gasteiger partial charge < -0.3 is 14.2 Å². The van der Waals surface area contributed by atoms with Crippen LogP contribution in [0, 0.1) is 11.6 Å². The number of nitrogens with zero attached hydrogens (tertiary/aromatic N) is 2.